The van der Waals surface area contributed by atoms with Crippen molar-refractivity contribution in [2.75, 3.05) is 12.8 Å². The van der Waals surface area contributed by atoms with Gasteiger partial charge in [-0.3, -0.25) is 20.0 Å². The lowest BCUT2D eigenvalue weighted by Crippen LogP contribution is -2.28. The van der Waals surface area contributed by atoms with Crippen LogP contribution in [0.15, 0.2) is 30.5 Å². The maximum Gasteiger partial charge on any atom is 0.319 e. The van der Waals surface area contributed by atoms with E-state index in [0.717, 1.165) is 11.8 Å². The fourth-order valence-electron chi connectivity index (χ4n) is 1.90. The number of aromatic nitrogens is 2. The number of nitro groups is 1. The molecular formula is C13H13ClN4O3S. The second kappa shape index (κ2) is 7.28. The minimum Gasteiger partial charge on any atom is -0.349 e. The molecule has 0 aliphatic heterocycles. The number of thioether (sulfide) groups is 1. The second-order valence-electron chi connectivity index (χ2n) is 4.38. The topological polar surface area (TPSA) is 101 Å². The molecule has 1 aromatic heterocycles. The van der Waals surface area contributed by atoms with E-state index < -0.39 is 10.8 Å². The fourth-order valence-corrected chi connectivity index (χ4v) is 2.77. The van der Waals surface area contributed by atoms with E-state index >= 15 is 0 Å². The first-order chi connectivity index (χ1) is 10.5. The smallest absolute Gasteiger partial charge is 0.319 e. The van der Waals surface area contributed by atoms with E-state index in [0.29, 0.717) is 11.6 Å². The van der Waals surface area contributed by atoms with Crippen LogP contribution in [0.1, 0.15) is 21.3 Å². The summed E-state index contributed by atoms with van der Waals surface area (Å²) in [7, 11) is 0. The minimum absolute atomic E-state index is 0.00960. The Morgan fingerprint density at radius 1 is 1.59 bits per heavy atom. The number of hydrogen-bond donors (Lipinski definition) is 2. The van der Waals surface area contributed by atoms with Crippen molar-refractivity contribution < 1.29 is 9.72 Å². The number of nitrogens with one attached hydrogen (secondary N) is 2. The predicted molar refractivity (Wildman–Crippen MR) is 85.3 cm³/mol. The van der Waals surface area contributed by atoms with E-state index in [2.05, 4.69) is 15.5 Å². The molecule has 0 bridgehead atoms. The molecule has 0 fully saturated rings. The first-order valence-electron chi connectivity index (χ1n) is 6.27. The Bertz CT molecular complexity index is 691. The monoisotopic (exact) mass is 340 g/mol. The molecule has 0 radical (unpaired) electrons. The van der Waals surface area contributed by atoms with Crippen LogP contribution in [0.4, 0.5) is 5.69 Å². The van der Waals surface area contributed by atoms with Gasteiger partial charge >= 0.3 is 5.69 Å². The molecule has 22 heavy (non-hydrogen) atoms. The molecule has 2 aromatic rings. The Morgan fingerprint density at radius 3 is 3.00 bits per heavy atom. The Balaban J connectivity index is 2.06. The van der Waals surface area contributed by atoms with Gasteiger partial charge in [-0.05, 0) is 24.0 Å². The first kappa shape index (κ1) is 16.3. The number of H-pyrrole nitrogens is 1. The number of benzene rings is 1. The van der Waals surface area contributed by atoms with Crippen molar-refractivity contribution in [3.63, 3.8) is 0 Å². The molecule has 0 spiro atoms. The van der Waals surface area contributed by atoms with Gasteiger partial charge < -0.3 is 5.32 Å². The molecule has 0 aliphatic carbocycles. The van der Waals surface area contributed by atoms with Gasteiger partial charge in [0.25, 0.3) is 5.91 Å². The van der Waals surface area contributed by atoms with Gasteiger partial charge in [-0.25, -0.2) is 0 Å². The van der Waals surface area contributed by atoms with Crippen molar-refractivity contribution in [1.29, 1.82) is 0 Å². The highest BCUT2D eigenvalue weighted by Gasteiger charge is 2.23. The molecule has 2 rings (SSSR count). The average molecular weight is 341 g/mol. The molecule has 0 aliphatic rings. The van der Waals surface area contributed by atoms with Crippen LogP contribution in [-0.4, -0.2) is 33.8 Å². The van der Waals surface area contributed by atoms with Gasteiger partial charge in [-0.2, -0.15) is 16.9 Å². The molecule has 2 N–H and O–H groups in total. The highest BCUT2D eigenvalue weighted by Crippen LogP contribution is 2.27. The Morgan fingerprint density at radius 2 is 2.36 bits per heavy atom. The molecule has 1 aromatic carbocycles. The number of amides is 1. The second-order valence-corrected chi connectivity index (χ2v) is 5.85. The number of carbonyl (C=O) groups excluding carboxylic acids is 1. The first-order valence-corrected chi connectivity index (χ1v) is 7.93. The minimum atomic E-state index is -0.651. The average Bonchev–Trinajstić information content (AvgIpc) is 2.97. The third kappa shape index (κ3) is 3.77. The molecule has 9 heteroatoms. The van der Waals surface area contributed by atoms with E-state index in [-0.39, 0.29) is 16.6 Å². The Kier molecular flexibility index (Phi) is 5.40. The van der Waals surface area contributed by atoms with Gasteiger partial charge in [-0.15, -0.1) is 0 Å². The van der Waals surface area contributed by atoms with Crippen molar-refractivity contribution in [3.05, 3.63) is 56.9 Å². The summed E-state index contributed by atoms with van der Waals surface area (Å²) in [6.07, 6.45) is 2.92. The summed E-state index contributed by atoms with van der Waals surface area (Å²) in [4.78, 5) is 22.2. The summed E-state index contributed by atoms with van der Waals surface area (Å²) >= 11 is 7.51. The SMILES string of the molecule is CS[C@H](CNC(=O)c1[nH]ncc1[N+](=O)[O-])c1cccc(Cl)c1. The summed E-state index contributed by atoms with van der Waals surface area (Å²) in [5, 5.41) is 19.9. The summed E-state index contributed by atoms with van der Waals surface area (Å²) < 4.78 is 0. The number of carbonyl (C=O) groups is 1. The van der Waals surface area contributed by atoms with Crippen molar-refractivity contribution >= 4 is 35.0 Å². The van der Waals surface area contributed by atoms with Crippen molar-refractivity contribution in [2.24, 2.45) is 0 Å². The summed E-state index contributed by atoms with van der Waals surface area (Å²) in [5.41, 5.74) is 0.469. The third-order valence-electron chi connectivity index (χ3n) is 3.00. The molecular weight excluding hydrogens is 328 g/mol. The number of nitrogens with zero attached hydrogens (tertiary/aromatic N) is 2. The van der Waals surface area contributed by atoms with Crippen molar-refractivity contribution in [1.82, 2.24) is 15.5 Å². The van der Waals surface area contributed by atoms with Crippen LogP contribution >= 0.6 is 23.4 Å². The van der Waals surface area contributed by atoms with Gasteiger partial charge in [0, 0.05) is 16.8 Å². The summed E-state index contributed by atoms with van der Waals surface area (Å²) in [5.74, 6) is -0.565. The van der Waals surface area contributed by atoms with Crippen LogP contribution in [0.25, 0.3) is 0 Å². The predicted octanol–water partition coefficient (Wildman–Crippen LogP) is 2.81. The largest absolute Gasteiger partial charge is 0.349 e. The van der Waals surface area contributed by atoms with Crippen LogP contribution in [0.2, 0.25) is 5.02 Å². The quantitative estimate of drug-likeness (QED) is 0.622. The van der Waals surface area contributed by atoms with Crippen molar-refractivity contribution in [2.45, 2.75) is 5.25 Å². The number of aromatic amines is 1. The molecule has 116 valence electrons. The van der Waals surface area contributed by atoms with Crippen LogP contribution in [0.5, 0.6) is 0 Å². The normalized spacial score (nSPS) is 11.9. The zero-order valence-corrected chi connectivity index (χ0v) is 13.1. The van der Waals surface area contributed by atoms with Gasteiger partial charge in [0.1, 0.15) is 6.20 Å². The zero-order valence-electron chi connectivity index (χ0n) is 11.6. The van der Waals surface area contributed by atoms with E-state index in [9.17, 15) is 14.9 Å². The maximum atomic E-state index is 12.0. The van der Waals surface area contributed by atoms with Gasteiger partial charge in [0.05, 0.1) is 4.92 Å². The number of hydrogen-bond acceptors (Lipinski definition) is 5. The van der Waals surface area contributed by atoms with Gasteiger partial charge in [-0.1, -0.05) is 23.7 Å². The number of halogens is 1. The fraction of sp³-hybridized carbons (Fsp3) is 0.231. The maximum absolute atomic E-state index is 12.0. The molecule has 0 saturated carbocycles. The summed E-state index contributed by atoms with van der Waals surface area (Å²) in [6, 6.07) is 7.35. The van der Waals surface area contributed by atoms with Crippen LogP contribution in [0.3, 0.4) is 0 Å². The zero-order chi connectivity index (χ0) is 16.1. The standard InChI is InChI=1S/C13H13ClN4O3S/c1-22-11(8-3-2-4-9(14)5-8)7-15-13(19)12-10(18(20)21)6-16-17-12/h2-6,11H,7H2,1H3,(H,15,19)(H,16,17)/t11-/m1/s1. The Labute approximate surface area is 135 Å². The molecule has 7 nitrogen and oxygen atoms in total. The van der Waals surface area contributed by atoms with E-state index in [1.54, 1.807) is 17.8 Å². The van der Waals surface area contributed by atoms with Crippen molar-refractivity contribution in [3.8, 4) is 0 Å². The number of rotatable bonds is 6. The summed E-state index contributed by atoms with van der Waals surface area (Å²) in [6.45, 7) is 0.316. The van der Waals surface area contributed by atoms with Gasteiger partial charge in [0.15, 0.2) is 0 Å². The Hall–Kier alpha value is -2.06. The lowest BCUT2D eigenvalue weighted by Gasteiger charge is -2.15. The molecule has 1 amide bonds. The lowest BCUT2D eigenvalue weighted by atomic mass is 10.1. The molecule has 1 heterocycles. The van der Waals surface area contributed by atoms with Crippen LogP contribution in [0, 0.1) is 10.1 Å². The molecule has 1 atom stereocenters. The van der Waals surface area contributed by atoms with Crippen LogP contribution in [-0.2, 0) is 0 Å². The lowest BCUT2D eigenvalue weighted by molar-refractivity contribution is -0.385. The van der Waals surface area contributed by atoms with E-state index in [1.807, 2.05) is 24.5 Å². The van der Waals surface area contributed by atoms with E-state index in [4.69, 9.17) is 11.6 Å². The highest BCUT2D eigenvalue weighted by atomic mass is 35.5. The molecule has 0 saturated heterocycles. The molecule has 0 unspecified atom stereocenters. The highest BCUT2D eigenvalue weighted by molar-refractivity contribution is 7.98. The van der Waals surface area contributed by atoms with Crippen LogP contribution < -0.4 is 5.32 Å². The van der Waals surface area contributed by atoms with Gasteiger partial charge in [0.2, 0.25) is 5.69 Å². The third-order valence-corrected chi connectivity index (χ3v) is 4.24. The van der Waals surface area contributed by atoms with E-state index in [1.165, 1.54) is 0 Å².